The molecule has 1 atom stereocenters. The fourth-order valence-corrected chi connectivity index (χ4v) is 2.45. The molecule has 5 heteroatoms. The summed E-state index contributed by atoms with van der Waals surface area (Å²) < 4.78 is 10.8. The fraction of sp³-hybridized carbons (Fsp3) is 0.318. The molecule has 0 saturated carbocycles. The highest BCUT2D eigenvalue weighted by Crippen LogP contribution is 2.19. The number of esters is 1. The maximum absolute atomic E-state index is 11.8. The number of aliphatic hydroxyl groups excluding tert-OH is 1. The summed E-state index contributed by atoms with van der Waals surface area (Å²) >= 11 is 0. The number of carbonyl (C=O) groups excluding carboxylic acids is 1. The van der Waals surface area contributed by atoms with E-state index in [0.29, 0.717) is 18.7 Å². The van der Waals surface area contributed by atoms with E-state index in [1.54, 1.807) is 24.3 Å². The number of nitrogens with one attached hydrogen (secondary N) is 1. The number of rotatable bonds is 11. The molecule has 2 rings (SSSR count). The van der Waals surface area contributed by atoms with Gasteiger partial charge in [0.15, 0.2) is 0 Å². The van der Waals surface area contributed by atoms with Gasteiger partial charge < -0.3 is 19.9 Å². The van der Waals surface area contributed by atoms with Gasteiger partial charge in [-0.2, -0.15) is 0 Å². The zero-order valence-electron chi connectivity index (χ0n) is 15.7. The van der Waals surface area contributed by atoms with Crippen LogP contribution in [0.5, 0.6) is 5.75 Å². The molecule has 2 aromatic carbocycles. The minimum atomic E-state index is -0.670. The largest absolute Gasteiger partial charge is 0.491 e. The molecule has 0 bridgehead atoms. The topological polar surface area (TPSA) is 67.8 Å². The van der Waals surface area contributed by atoms with Crippen molar-refractivity contribution in [2.45, 2.75) is 25.9 Å². The van der Waals surface area contributed by atoms with E-state index in [1.165, 1.54) is 0 Å². The van der Waals surface area contributed by atoms with Gasteiger partial charge in [-0.25, -0.2) is 4.79 Å². The van der Waals surface area contributed by atoms with Crippen molar-refractivity contribution in [1.29, 1.82) is 0 Å². The van der Waals surface area contributed by atoms with Crippen LogP contribution in [0, 0.1) is 0 Å². The minimum Gasteiger partial charge on any atom is -0.491 e. The number of allylic oxidation sites excluding steroid dienone is 1. The van der Waals surface area contributed by atoms with Crippen molar-refractivity contribution < 1.29 is 19.4 Å². The van der Waals surface area contributed by atoms with Crippen molar-refractivity contribution in [3.05, 3.63) is 72.3 Å². The molecule has 0 aliphatic rings. The molecule has 0 heterocycles. The van der Waals surface area contributed by atoms with Crippen molar-refractivity contribution in [3.63, 3.8) is 0 Å². The number of para-hydroxylation sites is 1. The monoisotopic (exact) mass is 369 g/mol. The Morgan fingerprint density at radius 3 is 2.67 bits per heavy atom. The summed E-state index contributed by atoms with van der Waals surface area (Å²) in [6, 6.07) is 14.7. The van der Waals surface area contributed by atoms with Gasteiger partial charge in [0.1, 0.15) is 18.5 Å². The lowest BCUT2D eigenvalue weighted by Gasteiger charge is -2.16. The van der Waals surface area contributed by atoms with Gasteiger partial charge in [0, 0.05) is 12.2 Å². The van der Waals surface area contributed by atoms with Crippen LogP contribution in [-0.2, 0) is 11.2 Å². The van der Waals surface area contributed by atoms with Gasteiger partial charge in [-0.05, 0) is 48.7 Å². The highest BCUT2D eigenvalue weighted by atomic mass is 16.5. The molecule has 2 N–H and O–H groups in total. The van der Waals surface area contributed by atoms with Gasteiger partial charge in [-0.15, -0.1) is 6.58 Å². The Labute approximate surface area is 160 Å². The second-order valence-corrected chi connectivity index (χ2v) is 6.16. The molecule has 0 aliphatic heterocycles. The zero-order chi connectivity index (χ0) is 19.5. The van der Waals surface area contributed by atoms with Crippen LogP contribution in [0.1, 0.15) is 29.3 Å². The van der Waals surface area contributed by atoms with Gasteiger partial charge in [-0.1, -0.05) is 31.2 Å². The Hall–Kier alpha value is -2.79. The van der Waals surface area contributed by atoms with Gasteiger partial charge in [0.25, 0.3) is 0 Å². The quantitative estimate of drug-likeness (QED) is 0.465. The van der Waals surface area contributed by atoms with Crippen molar-refractivity contribution in [2.75, 3.05) is 25.1 Å². The number of ether oxygens (including phenoxy) is 2. The van der Waals surface area contributed by atoms with Crippen LogP contribution in [0.25, 0.3) is 0 Å². The van der Waals surface area contributed by atoms with Crippen LogP contribution >= 0.6 is 0 Å². The maximum Gasteiger partial charge on any atom is 0.338 e. The highest BCUT2D eigenvalue weighted by Gasteiger charge is 2.09. The Balaban J connectivity index is 1.79. The molecule has 5 nitrogen and oxygen atoms in total. The lowest BCUT2D eigenvalue weighted by molar-refractivity contribution is 0.0505. The molecule has 144 valence electrons. The predicted molar refractivity (Wildman–Crippen MR) is 107 cm³/mol. The number of carbonyl (C=O) groups is 1. The molecule has 0 radical (unpaired) electrons. The summed E-state index contributed by atoms with van der Waals surface area (Å²) in [6.45, 7) is 6.63. The Morgan fingerprint density at radius 1 is 1.22 bits per heavy atom. The molecular formula is C22H27NO4. The lowest BCUT2D eigenvalue weighted by Crippen LogP contribution is -2.26. The van der Waals surface area contributed by atoms with Crippen molar-refractivity contribution in [1.82, 2.24) is 0 Å². The third-order valence-corrected chi connectivity index (χ3v) is 3.87. The lowest BCUT2D eigenvalue weighted by atomic mass is 10.1. The first-order chi connectivity index (χ1) is 13.1. The Kier molecular flexibility index (Phi) is 8.39. The van der Waals surface area contributed by atoms with Crippen LogP contribution in [-0.4, -0.2) is 36.9 Å². The number of benzene rings is 2. The smallest absolute Gasteiger partial charge is 0.338 e. The first kappa shape index (κ1) is 20.5. The summed E-state index contributed by atoms with van der Waals surface area (Å²) in [4.78, 5) is 11.8. The van der Waals surface area contributed by atoms with Crippen molar-refractivity contribution in [3.8, 4) is 5.75 Å². The number of hydrogen-bond donors (Lipinski definition) is 2. The summed E-state index contributed by atoms with van der Waals surface area (Å²) in [5, 5.41) is 13.3. The predicted octanol–water partition coefficient (Wildman–Crippen LogP) is 3.83. The summed E-state index contributed by atoms with van der Waals surface area (Å²) in [7, 11) is 0. The fourth-order valence-electron chi connectivity index (χ4n) is 2.45. The molecular weight excluding hydrogens is 342 g/mol. The van der Waals surface area contributed by atoms with Crippen LogP contribution < -0.4 is 10.1 Å². The minimum absolute atomic E-state index is 0.183. The SMILES string of the molecule is C=CCc1ccccc1OCC(O)CNc1ccc(C(=O)OCCC)cc1. The summed E-state index contributed by atoms with van der Waals surface area (Å²) in [6.07, 6.45) is 2.67. The molecule has 27 heavy (non-hydrogen) atoms. The highest BCUT2D eigenvalue weighted by molar-refractivity contribution is 5.89. The van der Waals surface area contributed by atoms with Gasteiger partial charge in [0.2, 0.25) is 0 Å². The Morgan fingerprint density at radius 2 is 1.96 bits per heavy atom. The van der Waals surface area contributed by atoms with E-state index in [-0.39, 0.29) is 12.6 Å². The van der Waals surface area contributed by atoms with E-state index in [9.17, 15) is 9.90 Å². The average Bonchev–Trinajstić information content (AvgIpc) is 2.70. The number of anilines is 1. The maximum atomic E-state index is 11.8. The van der Waals surface area contributed by atoms with Gasteiger partial charge in [0.05, 0.1) is 12.2 Å². The van der Waals surface area contributed by atoms with Crippen LogP contribution in [0.4, 0.5) is 5.69 Å². The third-order valence-electron chi connectivity index (χ3n) is 3.87. The van der Waals surface area contributed by atoms with E-state index < -0.39 is 6.10 Å². The van der Waals surface area contributed by atoms with E-state index >= 15 is 0 Å². The Bertz CT molecular complexity index is 727. The van der Waals surface area contributed by atoms with Crippen LogP contribution in [0.15, 0.2) is 61.2 Å². The molecule has 0 aliphatic carbocycles. The van der Waals surface area contributed by atoms with E-state index in [2.05, 4.69) is 11.9 Å². The molecule has 0 fully saturated rings. The summed E-state index contributed by atoms with van der Waals surface area (Å²) in [5.74, 6) is 0.432. The number of hydrogen-bond acceptors (Lipinski definition) is 5. The molecule has 1 unspecified atom stereocenters. The number of aliphatic hydroxyl groups is 1. The third kappa shape index (κ3) is 6.79. The zero-order valence-corrected chi connectivity index (χ0v) is 15.7. The first-order valence-corrected chi connectivity index (χ1v) is 9.14. The summed E-state index contributed by atoms with van der Waals surface area (Å²) in [5.41, 5.74) is 2.36. The molecule has 0 saturated heterocycles. The van der Waals surface area contributed by atoms with E-state index in [4.69, 9.17) is 9.47 Å². The average molecular weight is 369 g/mol. The van der Waals surface area contributed by atoms with Crippen LogP contribution in [0.3, 0.4) is 0 Å². The first-order valence-electron chi connectivity index (χ1n) is 9.14. The van der Waals surface area contributed by atoms with Crippen molar-refractivity contribution in [2.24, 2.45) is 0 Å². The second kappa shape index (κ2) is 11.0. The van der Waals surface area contributed by atoms with E-state index in [0.717, 1.165) is 29.8 Å². The molecule has 0 amide bonds. The standard InChI is InChI=1S/C22H27NO4/c1-3-7-17-8-5-6-9-21(17)27-16-20(24)15-23-19-12-10-18(11-13-19)22(25)26-14-4-2/h3,5-6,8-13,20,23-24H,1,4,7,14-16H2,2H3. The van der Waals surface area contributed by atoms with E-state index in [1.807, 2.05) is 37.3 Å². The molecule has 0 aromatic heterocycles. The van der Waals surface area contributed by atoms with Crippen LogP contribution in [0.2, 0.25) is 0 Å². The second-order valence-electron chi connectivity index (χ2n) is 6.16. The van der Waals surface area contributed by atoms with Crippen molar-refractivity contribution >= 4 is 11.7 Å². The van der Waals surface area contributed by atoms with Gasteiger partial charge >= 0.3 is 5.97 Å². The molecule has 0 spiro atoms. The van der Waals surface area contributed by atoms with Gasteiger partial charge in [-0.3, -0.25) is 0 Å². The molecule has 2 aromatic rings. The normalized spacial score (nSPS) is 11.5.